The summed E-state index contributed by atoms with van der Waals surface area (Å²) in [6.45, 7) is 2.02. The van der Waals surface area contributed by atoms with Gasteiger partial charge in [0.05, 0.1) is 12.2 Å². The van der Waals surface area contributed by atoms with Gasteiger partial charge < -0.3 is 5.32 Å². The van der Waals surface area contributed by atoms with Gasteiger partial charge in [-0.05, 0) is 37.2 Å². The summed E-state index contributed by atoms with van der Waals surface area (Å²) < 4.78 is 14.9. The van der Waals surface area contributed by atoms with Gasteiger partial charge in [0.15, 0.2) is 0 Å². The number of hydrogen-bond donors (Lipinski definition) is 1. The first kappa shape index (κ1) is 13.2. The first-order valence-corrected chi connectivity index (χ1v) is 6.46. The first-order valence-electron chi connectivity index (χ1n) is 5.67. The Kier molecular flexibility index (Phi) is 4.09. The molecule has 2 rings (SSSR count). The minimum Gasteiger partial charge on any atom is -0.309 e. The summed E-state index contributed by atoms with van der Waals surface area (Å²) in [5.74, 6) is -0.295. The number of nitrogens with one attached hydrogen (secondary N) is 1. The number of halogens is 2. The number of pyridine rings is 1. The van der Waals surface area contributed by atoms with E-state index in [9.17, 15) is 4.39 Å². The summed E-state index contributed by atoms with van der Waals surface area (Å²) in [5, 5.41) is 3.15. The predicted octanol–water partition coefficient (Wildman–Crippen LogP) is 3.60. The standard InChI is InChI=1S/C14H14BrFN2/c1-9-10(4-3-5-12(9)15)14(17-2)11-6-7-18-8-13(11)16/h3-8,14,17H,1-2H3. The molecule has 0 aliphatic heterocycles. The molecule has 2 aromatic rings. The molecule has 94 valence electrons. The molecule has 0 fully saturated rings. The lowest BCUT2D eigenvalue weighted by atomic mass is 9.95. The van der Waals surface area contributed by atoms with Crippen molar-refractivity contribution >= 4 is 15.9 Å². The van der Waals surface area contributed by atoms with Crippen molar-refractivity contribution in [2.24, 2.45) is 0 Å². The van der Waals surface area contributed by atoms with Crippen LogP contribution in [-0.4, -0.2) is 12.0 Å². The highest BCUT2D eigenvalue weighted by molar-refractivity contribution is 9.10. The van der Waals surface area contributed by atoms with E-state index in [1.807, 2.05) is 32.2 Å². The summed E-state index contributed by atoms with van der Waals surface area (Å²) >= 11 is 3.50. The van der Waals surface area contributed by atoms with Crippen LogP contribution in [0.4, 0.5) is 4.39 Å². The molecule has 0 saturated heterocycles. The summed E-state index contributed by atoms with van der Waals surface area (Å²) in [5.41, 5.74) is 2.76. The number of hydrogen-bond acceptors (Lipinski definition) is 2. The maximum absolute atomic E-state index is 13.8. The molecule has 1 N–H and O–H groups in total. The number of nitrogens with zero attached hydrogens (tertiary/aromatic N) is 1. The zero-order valence-electron chi connectivity index (χ0n) is 10.2. The highest BCUT2D eigenvalue weighted by Crippen LogP contribution is 2.29. The Morgan fingerprint density at radius 1 is 1.28 bits per heavy atom. The zero-order valence-corrected chi connectivity index (χ0v) is 11.8. The first-order chi connectivity index (χ1) is 8.65. The Morgan fingerprint density at radius 2 is 2.06 bits per heavy atom. The molecule has 1 atom stereocenters. The molecule has 4 heteroatoms. The lowest BCUT2D eigenvalue weighted by molar-refractivity contribution is 0.569. The van der Waals surface area contributed by atoms with Crippen LogP contribution in [-0.2, 0) is 0 Å². The van der Waals surface area contributed by atoms with Gasteiger partial charge in [-0.2, -0.15) is 0 Å². The number of rotatable bonds is 3. The van der Waals surface area contributed by atoms with Crippen molar-refractivity contribution in [2.75, 3.05) is 7.05 Å². The van der Waals surface area contributed by atoms with Crippen molar-refractivity contribution in [3.05, 3.63) is 63.6 Å². The van der Waals surface area contributed by atoms with Gasteiger partial charge in [-0.25, -0.2) is 4.39 Å². The van der Waals surface area contributed by atoms with E-state index in [0.717, 1.165) is 15.6 Å². The monoisotopic (exact) mass is 308 g/mol. The largest absolute Gasteiger partial charge is 0.309 e. The minimum absolute atomic E-state index is 0.175. The van der Waals surface area contributed by atoms with Crippen molar-refractivity contribution in [3.8, 4) is 0 Å². The van der Waals surface area contributed by atoms with Crippen LogP contribution < -0.4 is 5.32 Å². The Bertz CT molecular complexity index is 557. The second-order valence-corrected chi connectivity index (χ2v) is 4.93. The third kappa shape index (κ3) is 2.44. The zero-order chi connectivity index (χ0) is 13.1. The van der Waals surface area contributed by atoms with E-state index < -0.39 is 0 Å². The maximum Gasteiger partial charge on any atom is 0.146 e. The minimum atomic E-state index is -0.295. The molecule has 0 saturated carbocycles. The molecule has 18 heavy (non-hydrogen) atoms. The van der Waals surface area contributed by atoms with Crippen molar-refractivity contribution in [3.63, 3.8) is 0 Å². The van der Waals surface area contributed by atoms with Crippen LogP contribution in [0.2, 0.25) is 0 Å². The Labute approximate surface area is 114 Å². The summed E-state index contributed by atoms with van der Waals surface area (Å²) in [6, 6.07) is 7.47. The molecule has 0 aliphatic rings. The number of benzene rings is 1. The normalized spacial score (nSPS) is 12.4. The van der Waals surface area contributed by atoms with E-state index in [1.165, 1.54) is 6.20 Å². The molecule has 1 unspecified atom stereocenters. The molecule has 0 radical (unpaired) electrons. The van der Waals surface area contributed by atoms with Gasteiger partial charge >= 0.3 is 0 Å². The van der Waals surface area contributed by atoms with Crippen LogP contribution in [0.25, 0.3) is 0 Å². The lowest BCUT2D eigenvalue weighted by Gasteiger charge is -2.20. The Hall–Kier alpha value is -1.26. The van der Waals surface area contributed by atoms with Crippen LogP contribution in [0.1, 0.15) is 22.7 Å². The molecule has 0 aliphatic carbocycles. The van der Waals surface area contributed by atoms with Gasteiger partial charge in [-0.3, -0.25) is 4.98 Å². The lowest BCUT2D eigenvalue weighted by Crippen LogP contribution is -2.20. The van der Waals surface area contributed by atoms with E-state index >= 15 is 0 Å². The van der Waals surface area contributed by atoms with Crippen molar-refractivity contribution in [1.82, 2.24) is 10.3 Å². The van der Waals surface area contributed by atoms with Gasteiger partial charge in [0.1, 0.15) is 5.82 Å². The van der Waals surface area contributed by atoms with Gasteiger partial charge in [-0.1, -0.05) is 28.1 Å². The molecule has 1 aromatic carbocycles. The van der Waals surface area contributed by atoms with Gasteiger partial charge in [-0.15, -0.1) is 0 Å². The highest BCUT2D eigenvalue weighted by Gasteiger charge is 2.18. The van der Waals surface area contributed by atoms with Crippen molar-refractivity contribution < 1.29 is 4.39 Å². The Balaban J connectivity index is 2.53. The quantitative estimate of drug-likeness (QED) is 0.937. The second-order valence-electron chi connectivity index (χ2n) is 4.07. The summed E-state index contributed by atoms with van der Waals surface area (Å²) in [7, 11) is 1.82. The van der Waals surface area contributed by atoms with E-state index in [1.54, 1.807) is 12.3 Å². The predicted molar refractivity (Wildman–Crippen MR) is 74.0 cm³/mol. The molecule has 2 nitrogen and oxygen atoms in total. The van der Waals surface area contributed by atoms with E-state index in [-0.39, 0.29) is 11.9 Å². The average Bonchev–Trinajstić information content (AvgIpc) is 2.37. The van der Waals surface area contributed by atoms with Crippen LogP contribution in [0.3, 0.4) is 0 Å². The SMILES string of the molecule is CNC(c1ccncc1F)c1cccc(Br)c1C. The third-order valence-corrected chi connectivity index (χ3v) is 3.88. The molecular weight excluding hydrogens is 295 g/mol. The van der Waals surface area contributed by atoms with E-state index in [4.69, 9.17) is 0 Å². The van der Waals surface area contributed by atoms with E-state index in [0.29, 0.717) is 5.56 Å². The summed E-state index contributed by atoms with van der Waals surface area (Å²) in [4.78, 5) is 3.78. The van der Waals surface area contributed by atoms with Crippen molar-refractivity contribution in [1.29, 1.82) is 0 Å². The molecule has 0 spiro atoms. The van der Waals surface area contributed by atoms with Crippen LogP contribution in [0.15, 0.2) is 41.1 Å². The maximum atomic E-state index is 13.8. The summed E-state index contributed by atoms with van der Waals surface area (Å²) in [6.07, 6.45) is 2.85. The fourth-order valence-electron chi connectivity index (χ4n) is 2.04. The average molecular weight is 309 g/mol. The van der Waals surface area contributed by atoms with Gasteiger partial charge in [0.2, 0.25) is 0 Å². The molecule has 0 amide bonds. The molecule has 1 heterocycles. The smallest absolute Gasteiger partial charge is 0.146 e. The Morgan fingerprint density at radius 3 is 2.72 bits per heavy atom. The highest BCUT2D eigenvalue weighted by atomic mass is 79.9. The number of aromatic nitrogens is 1. The molecule has 1 aromatic heterocycles. The fourth-order valence-corrected chi connectivity index (χ4v) is 2.42. The van der Waals surface area contributed by atoms with Crippen LogP contribution in [0.5, 0.6) is 0 Å². The molecular formula is C14H14BrFN2. The molecule has 0 bridgehead atoms. The van der Waals surface area contributed by atoms with Crippen molar-refractivity contribution in [2.45, 2.75) is 13.0 Å². The van der Waals surface area contributed by atoms with Gasteiger partial charge in [0.25, 0.3) is 0 Å². The van der Waals surface area contributed by atoms with Crippen LogP contribution in [0, 0.1) is 12.7 Å². The topological polar surface area (TPSA) is 24.9 Å². The third-order valence-electron chi connectivity index (χ3n) is 3.02. The van der Waals surface area contributed by atoms with Crippen LogP contribution >= 0.6 is 15.9 Å². The fraction of sp³-hybridized carbons (Fsp3) is 0.214. The van der Waals surface area contributed by atoms with E-state index in [2.05, 4.69) is 26.2 Å². The van der Waals surface area contributed by atoms with Gasteiger partial charge in [0, 0.05) is 16.2 Å². The second kappa shape index (κ2) is 5.59.